The Labute approximate surface area is 91.8 Å². The maximum atomic E-state index is 4.54. The van der Waals surface area contributed by atoms with E-state index in [9.17, 15) is 0 Å². The fourth-order valence-corrected chi connectivity index (χ4v) is 1.44. The predicted molar refractivity (Wildman–Crippen MR) is 65.1 cm³/mol. The molecule has 0 saturated carbocycles. The third-order valence-corrected chi connectivity index (χ3v) is 2.05. The molecule has 0 aliphatic rings. The average Bonchev–Trinajstić information content (AvgIpc) is 2.17. The molecule has 0 saturated heterocycles. The molecule has 0 aromatic carbocycles. The summed E-state index contributed by atoms with van der Waals surface area (Å²) in [5, 5.41) is 3.09. The SMILES string of the molecule is C=C(C)CN(C)c1cccc(CNC)n1. The first-order valence-corrected chi connectivity index (χ1v) is 5.09. The summed E-state index contributed by atoms with van der Waals surface area (Å²) in [7, 11) is 3.95. The largest absolute Gasteiger partial charge is 0.356 e. The highest BCUT2D eigenvalue weighted by Crippen LogP contribution is 2.10. The number of pyridine rings is 1. The highest BCUT2D eigenvalue weighted by atomic mass is 15.2. The first-order valence-electron chi connectivity index (χ1n) is 5.09. The molecule has 82 valence electrons. The van der Waals surface area contributed by atoms with Gasteiger partial charge in [0, 0.05) is 20.1 Å². The zero-order valence-corrected chi connectivity index (χ0v) is 9.75. The van der Waals surface area contributed by atoms with Crippen LogP contribution in [0.5, 0.6) is 0 Å². The quantitative estimate of drug-likeness (QED) is 0.743. The van der Waals surface area contributed by atoms with Gasteiger partial charge in [-0.2, -0.15) is 0 Å². The second-order valence-corrected chi connectivity index (χ2v) is 3.83. The van der Waals surface area contributed by atoms with E-state index in [1.807, 2.05) is 39.2 Å². The number of nitrogens with zero attached hydrogens (tertiary/aromatic N) is 2. The lowest BCUT2D eigenvalue weighted by Crippen LogP contribution is -2.21. The number of nitrogens with one attached hydrogen (secondary N) is 1. The van der Waals surface area contributed by atoms with Crippen LogP contribution in [0.3, 0.4) is 0 Å². The van der Waals surface area contributed by atoms with E-state index in [4.69, 9.17) is 0 Å². The van der Waals surface area contributed by atoms with Crippen molar-refractivity contribution in [3.63, 3.8) is 0 Å². The van der Waals surface area contributed by atoms with Crippen molar-refractivity contribution < 1.29 is 0 Å². The van der Waals surface area contributed by atoms with E-state index >= 15 is 0 Å². The molecular formula is C12H19N3. The number of hydrogen-bond donors (Lipinski definition) is 1. The van der Waals surface area contributed by atoms with Gasteiger partial charge in [-0.3, -0.25) is 0 Å². The Morgan fingerprint density at radius 2 is 2.27 bits per heavy atom. The number of hydrogen-bond acceptors (Lipinski definition) is 3. The zero-order valence-electron chi connectivity index (χ0n) is 9.75. The monoisotopic (exact) mass is 205 g/mol. The van der Waals surface area contributed by atoms with E-state index in [-0.39, 0.29) is 0 Å². The van der Waals surface area contributed by atoms with Crippen molar-refractivity contribution in [2.45, 2.75) is 13.5 Å². The van der Waals surface area contributed by atoms with Gasteiger partial charge in [-0.25, -0.2) is 4.98 Å². The molecular weight excluding hydrogens is 186 g/mol. The summed E-state index contributed by atoms with van der Waals surface area (Å²) < 4.78 is 0. The van der Waals surface area contributed by atoms with E-state index in [2.05, 4.69) is 21.8 Å². The van der Waals surface area contributed by atoms with E-state index in [1.165, 1.54) is 0 Å². The van der Waals surface area contributed by atoms with Crippen LogP contribution in [0.15, 0.2) is 30.4 Å². The normalized spacial score (nSPS) is 10.1. The summed E-state index contributed by atoms with van der Waals surface area (Å²) in [4.78, 5) is 6.64. The molecule has 0 amide bonds. The molecule has 1 aromatic rings. The minimum atomic E-state index is 0.800. The summed E-state index contributed by atoms with van der Waals surface area (Å²) in [5.41, 5.74) is 2.20. The second kappa shape index (κ2) is 5.51. The summed E-state index contributed by atoms with van der Waals surface area (Å²) in [6, 6.07) is 6.07. The molecule has 0 aliphatic heterocycles. The van der Waals surface area contributed by atoms with Gasteiger partial charge in [0.15, 0.2) is 0 Å². The van der Waals surface area contributed by atoms with Crippen molar-refractivity contribution in [2.24, 2.45) is 0 Å². The lowest BCUT2D eigenvalue weighted by atomic mass is 10.3. The summed E-state index contributed by atoms with van der Waals surface area (Å²) >= 11 is 0. The van der Waals surface area contributed by atoms with Crippen molar-refractivity contribution >= 4 is 5.82 Å². The van der Waals surface area contributed by atoms with E-state index in [1.54, 1.807) is 0 Å². The molecule has 0 atom stereocenters. The van der Waals surface area contributed by atoms with Gasteiger partial charge in [-0.15, -0.1) is 0 Å². The van der Waals surface area contributed by atoms with Crippen LogP contribution in [-0.2, 0) is 6.54 Å². The lowest BCUT2D eigenvalue weighted by molar-refractivity contribution is 0.786. The van der Waals surface area contributed by atoms with Gasteiger partial charge in [0.05, 0.1) is 5.69 Å². The number of aromatic nitrogens is 1. The van der Waals surface area contributed by atoms with E-state index < -0.39 is 0 Å². The smallest absolute Gasteiger partial charge is 0.128 e. The molecule has 0 bridgehead atoms. The standard InChI is InChI=1S/C12H19N3/c1-10(2)9-15(4)12-7-5-6-11(14-12)8-13-3/h5-7,13H,1,8-9H2,2-4H3. The minimum absolute atomic E-state index is 0.800. The molecule has 3 nitrogen and oxygen atoms in total. The Hall–Kier alpha value is -1.35. The van der Waals surface area contributed by atoms with Gasteiger partial charge in [0.1, 0.15) is 5.82 Å². The molecule has 0 aliphatic carbocycles. The van der Waals surface area contributed by atoms with Gasteiger partial charge in [0.25, 0.3) is 0 Å². The van der Waals surface area contributed by atoms with Crippen LogP contribution in [0, 0.1) is 0 Å². The van der Waals surface area contributed by atoms with Crippen LogP contribution in [0.25, 0.3) is 0 Å². The third kappa shape index (κ3) is 3.72. The van der Waals surface area contributed by atoms with Gasteiger partial charge in [-0.1, -0.05) is 18.2 Å². The molecule has 15 heavy (non-hydrogen) atoms. The van der Waals surface area contributed by atoms with Gasteiger partial charge in [-0.05, 0) is 26.1 Å². The fraction of sp³-hybridized carbons (Fsp3) is 0.417. The molecule has 0 fully saturated rings. The van der Waals surface area contributed by atoms with Gasteiger partial charge < -0.3 is 10.2 Å². The molecule has 1 heterocycles. The third-order valence-electron chi connectivity index (χ3n) is 2.05. The molecule has 1 rings (SSSR count). The van der Waals surface area contributed by atoms with Crippen molar-refractivity contribution in [2.75, 3.05) is 25.5 Å². The van der Waals surface area contributed by atoms with Crippen LogP contribution >= 0.6 is 0 Å². The minimum Gasteiger partial charge on any atom is -0.356 e. The number of anilines is 1. The summed E-state index contributed by atoms with van der Waals surface area (Å²) in [6.07, 6.45) is 0. The average molecular weight is 205 g/mol. The van der Waals surface area contributed by atoms with Gasteiger partial charge >= 0.3 is 0 Å². The molecule has 0 spiro atoms. The Kier molecular flexibility index (Phi) is 4.31. The summed E-state index contributed by atoms with van der Waals surface area (Å²) in [5.74, 6) is 0.991. The topological polar surface area (TPSA) is 28.2 Å². The first kappa shape index (κ1) is 11.7. The van der Waals surface area contributed by atoms with Crippen molar-refractivity contribution in [3.05, 3.63) is 36.0 Å². The highest BCUT2D eigenvalue weighted by molar-refractivity contribution is 5.39. The molecule has 0 radical (unpaired) electrons. The maximum Gasteiger partial charge on any atom is 0.128 e. The Morgan fingerprint density at radius 1 is 1.53 bits per heavy atom. The van der Waals surface area contributed by atoms with Crippen LogP contribution in [-0.4, -0.2) is 25.6 Å². The predicted octanol–water partition coefficient (Wildman–Crippen LogP) is 1.81. The first-order chi connectivity index (χ1) is 7.13. The van der Waals surface area contributed by atoms with Crippen LogP contribution in [0.4, 0.5) is 5.82 Å². The Balaban J connectivity index is 2.75. The van der Waals surface area contributed by atoms with Crippen molar-refractivity contribution in [1.29, 1.82) is 0 Å². The molecule has 1 aromatic heterocycles. The lowest BCUT2D eigenvalue weighted by Gasteiger charge is -2.18. The van der Waals surface area contributed by atoms with Crippen molar-refractivity contribution in [3.8, 4) is 0 Å². The maximum absolute atomic E-state index is 4.54. The van der Waals surface area contributed by atoms with Crippen LogP contribution in [0.2, 0.25) is 0 Å². The van der Waals surface area contributed by atoms with Crippen LogP contribution in [0.1, 0.15) is 12.6 Å². The molecule has 0 unspecified atom stereocenters. The van der Waals surface area contributed by atoms with Crippen LogP contribution < -0.4 is 10.2 Å². The molecule has 1 N–H and O–H groups in total. The Bertz CT molecular complexity index is 333. The number of rotatable bonds is 5. The summed E-state index contributed by atoms with van der Waals surface area (Å²) in [6.45, 7) is 7.56. The fourth-order valence-electron chi connectivity index (χ4n) is 1.44. The number of likely N-dealkylation sites (N-methyl/N-ethyl adjacent to an activating group) is 1. The highest BCUT2D eigenvalue weighted by Gasteiger charge is 2.02. The van der Waals surface area contributed by atoms with E-state index in [0.717, 1.165) is 30.2 Å². The zero-order chi connectivity index (χ0) is 11.3. The van der Waals surface area contributed by atoms with Gasteiger partial charge in [0.2, 0.25) is 0 Å². The second-order valence-electron chi connectivity index (χ2n) is 3.83. The Morgan fingerprint density at radius 3 is 2.87 bits per heavy atom. The molecule has 3 heteroatoms. The van der Waals surface area contributed by atoms with Crippen molar-refractivity contribution in [1.82, 2.24) is 10.3 Å². The van der Waals surface area contributed by atoms with E-state index in [0.29, 0.717) is 0 Å².